The molecule has 0 aliphatic carbocycles. The Bertz CT molecular complexity index is 325. The fourth-order valence-electron chi connectivity index (χ4n) is 1.67. The van der Waals surface area contributed by atoms with E-state index in [0.717, 1.165) is 25.2 Å². The summed E-state index contributed by atoms with van der Waals surface area (Å²) in [6.45, 7) is 8.57. The van der Waals surface area contributed by atoms with Crippen LogP contribution in [0.4, 0.5) is 5.69 Å². The van der Waals surface area contributed by atoms with Crippen molar-refractivity contribution in [2.45, 2.75) is 46.2 Å². The smallest absolute Gasteiger partial charge is 0.0564 e. The standard InChI is InChI=1S/C14H25N3/c1-5-8-15-13-7-9-16-14(10-13)11-17(4)12(3)6-2/h7,9-10,12H,5-6,8,11H2,1-4H3,(H,15,16). The van der Waals surface area contributed by atoms with Crippen LogP contribution in [-0.4, -0.2) is 29.5 Å². The summed E-state index contributed by atoms with van der Waals surface area (Å²) >= 11 is 0. The van der Waals surface area contributed by atoms with Crippen molar-refractivity contribution in [1.29, 1.82) is 0 Å². The minimum absolute atomic E-state index is 0.601. The van der Waals surface area contributed by atoms with Crippen molar-refractivity contribution in [1.82, 2.24) is 9.88 Å². The van der Waals surface area contributed by atoms with E-state index in [0.29, 0.717) is 6.04 Å². The Morgan fingerprint density at radius 1 is 1.41 bits per heavy atom. The Balaban J connectivity index is 2.58. The van der Waals surface area contributed by atoms with Crippen LogP contribution in [0.1, 0.15) is 39.3 Å². The van der Waals surface area contributed by atoms with Crippen molar-refractivity contribution >= 4 is 5.69 Å². The summed E-state index contributed by atoms with van der Waals surface area (Å²) in [5, 5.41) is 3.39. The van der Waals surface area contributed by atoms with Crippen LogP contribution >= 0.6 is 0 Å². The molecule has 1 aromatic heterocycles. The van der Waals surface area contributed by atoms with Crippen LogP contribution in [0.2, 0.25) is 0 Å². The van der Waals surface area contributed by atoms with Gasteiger partial charge in [0, 0.05) is 31.0 Å². The topological polar surface area (TPSA) is 28.2 Å². The van der Waals surface area contributed by atoms with Gasteiger partial charge in [-0.1, -0.05) is 13.8 Å². The number of anilines is 1. The summed E-state index contributed by atoms with van der Waals surface area (Å²) in [5.41, 5.74) is 2.31. The first-order valence-corrected chi connectivity index (χ1v) is 6.56. The summed E-state index contributed by atoms with van der Waals surface area (Å²) in [6, 6.07) is 4.78. The van der Waals surface area contributed by atoms with Gasteiger partial charge in [-0.05, 0) is 38.9 Å². The van der Waals surface area contributed by atoms with Crippen molar-refractivity contribution in [2.24, 2.45) is 0 Å². The third-order valence-electron chi connectivity index (χ3n) is 3.15. The van der Waals surface area contributed by atoms with Gasteiger partial charge in [0.25, 0.3) is 0 Å². The Morgan fingerprint density at radius 2 is 2.18 bits per heavy atom. The number of pyridine rings is 1. The Kier molecular flexibility index (Phi) is 5.98. The van der Waals surface area contributed by atoms with E-state index in [2.05, 4.69) is 49.1 Å². The van der Waals surface area contributed by atoms with Gasteiger partial charge in [0.15, 0.2) is 0 Å². The van der Waals surface area contributed by atoms with Gasteiger partial charge in [-0.25, -0.2) is 0 Å². The predicted molar refractivity (Wildman–Crippen MR) is 74.2 cm³/mol. The van der Waals surface area contributed by atoms with Crippen LogP contribution < -0.4 is 5.32 Å². The first-order chi connectivity index (χ1) is 8.17. The Hall–Kier alpha value is -1.09. The van der Waals surface area contributed by atoms with E-state index in [4.69, 9.17) is 0 Å². The lowest BCUT2D eigenvalue weighted by Crippen LogP contribution is -2.28. The molecule has 0 saturated heterocycles. The lowest BCUT2D eigenvalue weighted by Gasteiger charge is -2.23. The zero-order chi connectivity index (χ0) is 12.7. The Morgan fingerprint density at radius 3 is 2.82 bits per heavy atom. The van der Waals surface area contributed by atoms with Gasteiger partial charge in [0.05, 0.1) is 5.69 Å². The number of hydrogen-bond donors (Lipinski definition) is 1. The summed E-state index contributed by atoms with van der Waals surface area (Å²) in [6.07, 6.45) is 4.20. The second-order valence-electron chi connectivity index (χ2n) is 4.64. The largest absolute Gasteiger partial charge is 0.385 e. The van der Waals surface area contributed by atoms with E-state index in [1.165, 1.54) is 12.1 Å². The molecule has 1 unspecified atom stereocenters. The summed E-state index contributed by atoms with van der Waals surface area (Å²) in [7, 11) is 2.15. The van der Waals surface area contributed by atoms with Crippen molar-refractivity contribution < 1.29 is 0 Å². The molecule has 17 heavy (non-hydrogen) atoms. The van der Waals surface area contributed by atoms with Gasteiger partial charge >= 0.3 is 0 Å². The predicted octanol–water partition coefficient (Wildman–Crippen LogP) is 3.13. The average Bonchev–Trinajstić information content (AvgIpc) is 2.35. The fourth-order valence-corrected chi connectivity index (χ4v) is 1.67. The van der Waals surface area contributed by atoms with E-state index < -0.39 is 0 Å². The van der Waals surface area contributed by atoms with Gasteiger partial charge in [-0.15, -0.1) is 0 Å². The summed E-state index contributed by atoms with van der Waals surface area (Å²) < 4.78 is 0. The number of hydrogen-bond acceptors (Lipinski definition) is 3. The molecule has 1 atom stereocenters. The molecule has 0 fully saturated rings. The first kappa shape index (κ1) is 14.0. The molecule has 1 rings (SSSR count). The highest BCUT2D eigenvalue weighted by molar-refractivity contribution is 5.43. The molecule has 0 saturated carbocycles. The lowest BCUT2D eigenvalue weighted by atomic mass is 10.2. The van der Waals surface area contributed by atoms with E-state index in [1.807, 2.05) is 12.3 Å². The second-order valence-corrected chi connectivity index (χ2v) is 4.64. The second kappa shape index (κ2) is 7.28. The van der Waals surface area contributed by atoms with Crippen molar-refractivity contribution in [3.8, 4) is 0 Å². The Labute approximate surface area is 105 Å². The third-order valence-corrected chi connectivity index (χ3v) is 3.15. The van der Waals surface area contributed by atoms with Crippen LogP contribution in [0.5, 0.6) is 0 Å². The highest BCUT2D eigenvalue weighted by Gasteiger charge is 2.08. The van der Waals surface area contributed by atoms with E-state index in [-0.39, 0.29) is 0 Å². The zero-order valence-corrected chi connectivity index (χ0v) is 11.5. The highest BCUT2D eigenvalue weighted by Crippen LogP contribution is 2.11. The fraction of sp³-hybridized carbons (Fsp3) is 0.643. The molecule has 0 aromatic carbocycles. The molecule has 1 N–H and O–H groups in total. The molecule has 96 valence electrons. The molecule has 0 aliphatic rings. The lowest BCUT2D eigenvalue weighted by molar-refractivity contribution is 0.241. The number of aromatic nitrogens is 1. The molecular formula is C14H25N3. The van der Waals surface area contributed by atoms with Crippen LogP contribution in [0.3, 0.4) is 0 Å². The average molecular weight is 235 g/mol. The normalized spacial score (nSPS) is 12.8. The van der Waals surface area contributed by atoms with Crippen molar-refractivity contribution in [2.75, 3.05) is 18.9 Å². The molecule has 0 amide bonds. The van der Waals surface area contributed by atoms with Gasteiger partial charge in [0.1, 0.15) is 0 Å². The number of nitrogens with zero attached hydrogens (tertiary/aromatic N) is 2. The van der Waals surface area contributed by atoms with E-state index in [1.54, 1.807) is 0 Å². The molecule has 1 heterocycles. The SMILES string of the molecule is CCCNc1ccnc(CN(C)C(C)CC)c1. The molecule has 3 nitrogen and oxygen atoms in total. The van der Waals surface area contributed by atoms with Crippen LogP contribution in [0.15, 0.2) is 18.3 Å². The maximum Gasteiger partial charge on any atom is 0.0564 e. The van der Waals surface area contributed by atoms with Crippen LogP contribution in [0.25, 0.3) is 0 Å². The molecule has 3 heteroatoms. The summed E-state index contributed by atoms with van der Waals surface area (Å²) in [4.78, 5) is 6.76. The van der Waals surface area contributed by atoms with Crippen LogP contribution in [-0.2, 0) is 6.54 Å². The van der Waals surface area contributed by atoms with E-state index in [9.17, 15) is 0 Å². The van der Waals surface area contributed by atoms with E-state index >= 15 is 0 Å². The van der Waals surface area contributed by atoms with Gasteiger partial charge in [-0.2, -0.15) is 0 Å². The molecule has 0 radical (unpaired) electrons. The van der Waals surface area contributed by atoms with Gasteiger partial charge in [0.2, 0.25) is 0 Å². The van der Waals surface area contributed by atoms with Crippen LogP contribution in [0, 0.1) is 0 Å². The monoisotopic (exact) mass is 235 g/mol. The van der Waals surface area contributed by atoms with Gasteiger partial charge in [-0.3, -0.25) is 9.88 Å². The van der Waals surface area contributed by atoms with Crippen molar-refractivity contribution in [3.63, 3.8) is 0 Å². The number of nitrogens with one attached hydrogen (secondary N) is 1. The molecule has 1 aromatic rings. The highest BCUT2D eigenvalue weighted by atomic mass is 15.1. The maximum atomic E-state index is 4.42. The van der Waals surface area contributed by atoms with Crippen molar-refractivity contribution in [3.05, 3.63) is 24.0 Å². The zero-order valence-electron chi connectivity index (χ0n) is 11.5. The quantitative estimate of drug-likeness (QED) is 0.787. The van der Waals surface area contributed by atoms with Gasteiger partial charge < -0.3 is 5.32 Å². The molecular weight excluding hydrogens is 210 g/mol. The first-order valence-electron chi connectivity index (χ1n) is 6.56. The summed E-state index contributed by atoms with van der Waals surface area (Å²) in [5.74, 6) is 0. The molecule has 0 aliphatic heterocycles. The third kappa shape index (κ3) is 4.73. The molecule has 0 bridgehead atoms. The molecule has 0 spiro atoms. The minimum Gasteiger partial charge on any atom is -0.385 e. The maximum absolute atomic E-state index is 4.42. The number of rotatable bonds is 7. The minimum atomic E-state index is 0.601.